The summed E-state index contributed by atoms with van der Waals surface area (Å²) in [6.07, 6.45) is 14.3. The van der Waals surface area contributed by atoms with Crippen LogP contribution in [0.1, 0.15) is 36.8 Å². The maximum Gasteiger partial charge on any atom is 0.236 e. The minimum atomic E-state index is 0.238. The van der Waals surface area contributed by atoms with Gasteiger partial charge in [0.2, 0.25) is 5.91 Å². The molecule has 12 heteroatoms. The predicted molar refractivity (Wildman–Crippen MR) is 179 cm³/mol. The zero-order valence-electron chi connectivity index (χ0n) is 25.9. The Morgan fingerprint density at radius 1 is 1.11 bits per heavy atom. The molecule has 5 heterocycles. The number of aromatic nitrogens is 4. The van der Waals surface area contributed by atoms with Gasteiger partial charge in [0.1, 0.15) is 0 Å². The smallest absolute Gasteiger partial charge is 0.236 e. The van der Waals surface area contributed by atoms with Crippen molar-refractivity contribution in [1.82, 2.24) is 45.5 Å². The van der Waals surface area contributed by atoms with Crippen LogP contribution in [0.5, 0.6) is 0 Å². The Morgan fingerprint density at radius 3 is 2.61 bits per heavy atom. The molecule has 11 nitrogen and oxygen atoms in total. The van der Waals surface area contributed by atoms with Crippen molar-refractivity contribution in [2.75, 3.05) is 76.9 Å². The fraction of sp³-hybridized carbons (Fsp3) is 0.531. The normalized spacial score (nSPS) is 23.7. The fourth-order valence-corrected chi connectivity index (χ4v) is 6.78. The van der Waals surface area contributed by atoms with Gasteiger partial charge in [-0.15, -0.1) is 8.86 Å². The summed E-state index contributed by atoms with van der Waals surface area (Å²) in [6.45, 7) is 13.7. The molecule has 1 amide bonds. The predicted octanol–water partition coefficient (Wildman–Crippen LogP) is 1.81. The molecule has 6 rings (SSSR count). The van der Waals surface area contributed by atoms with E-state index in [2.05, 4.69) is 92.5 Å². The molecule has 0 saturated carbocycles. The average molecular weight is 617 g/mol. The molecule has 3 N–H and O–H groups in total. The van der Waals surface area contributed by atoms with Gasteiger partial charge in [-0.05, 0) is 44.4 Å². The number of H-pyrrole nitrogens is 1. The van der Waals surface area contributed by atoms with Gasteiger partial charge in [0.05, 0.1) is 6.54 Å². The van der Waals surface area contributed by atoms with Crippen molar-refractivity contribution in [1.29, 1.82) is 0 Å². The maximum atomic E-state index is 13.2. The first-order chi connectivity index (χ1) is 21.4. The number of amides is 1. The molecular weight excluding hydrogens is 571 g/mol. The number of carbonyl (C=O) groups is 1. The monoisotopic (exact) mass is 616 g/mol. The van der Waals surface area contributed by atoms with Crippen LogP contribution in [-0.4, -0.2) is 130 Å². The van der Waals surface area contributed by atoms with Crippen LogP contribution in [0.15, 0.2) is 42.3 Å². The van der Waals surface area contributed by atoms with Crippen molar-refractivity contribution >= 4 is 37.7 Å². The molecule has 3 fully saturated rings. The molecule has 0 spiro atoms. The van der Waals surface area contributed by atoms with E-state index in [-0.39, 0.29) is 5.91 Å². The number of aromatic amines is 1. The minimum Gasteiger partial charge on any atom is -0.352 e. The van der Waals surface area contributed by atoms with Crippen LogP contribution in [0.25, 0.3) is 11.6 Å². The summed E-state index contributed by atoms with van der Waals surface area (Å²) in [6, 6.07) is 2.50. The van der Waals surface area contributed by atoms with Crippen molar-refractivity contribution in [2.24, 2.45) is 0 Å². The maximum absolute atomic E-state index is 13.2. The summed E-state index contributed by atoms with van der Waals surface area (Å²) in [7, 11) is 3.86. The van der Waals surface area contributed by atoms with Crippen LogP contribution in [0.3, 0.4) is 0 Å². The Hall–Kier alpha value is -3.21. The van der Waals surface area contributed by atoms with Gasteiger partial charge < -0.3 is 15.1 Å². The van der Waals surface area contributed by atoms with Crippen molar-refractivity contribution in [3.63, 3.8) is 0 Å². The molecule has 0 bridgehead atoms. The average Bonchev–Trinajstić information content (AvgIpc) is 3.67. The number of allylic oxidation sites excluding steroid dienone is 2. The van der Waals surface area contributed by atoms with Crippen LogP contribution in [-0.2, 0) is 4.79 Å². The van der Waals surface area contributed by atoms with Gasteiger partial charge >= 0.3 is 0 Å². The Morgan fingerprint density at radius 2 is 1.89 bits per heavy atom. The van der Waals surface area contributed by atoms with Gasteiger partial charge in [-0.25, -0.2) is 9.97 Å². The number of carbonyl (C=O) groups excluding carboxylic acids is 1. The van der Waals surface area contributed by atoms with Crippen molar-refractivity contribution < 1.29 is 4.79 Å². The van der Waals surface area contributed by atoms with Gasteiger partial charge in [0, 0.05) is 112 Å². The van der Waals surface area contributed by atoms with E-state index >= 15 is 0 Å². The molecule has 4 aliphatic rings. The molecule has 0 aromatic carbocycles. The lowest BCUT2D eigenvalue weighted by Crippen LogP contribution is -2.53. The molecule has 2 aromatic heterocycles. The van der Waals surface area contributed by atoms with Crippen molar-refractivity contribution in [3.8, 4) is 0 Å². The highest BCUT2D eigenvalue weighted by atomic mass is 31.0. The molecule has 2 atom stereocenters. The van der Waals surface area contributed by atoms with E-state index in [1.807, 2.05) is 11.0 Å². The molecule has 0 radical (unpaired) electrons. The number of hydrogen-bond acceptors (Lipinski definition) is 8. The lowest BCUT2D eigenvalue weighted by molar-refractivity contribution is -0.134. The third-order valence-electron chi connectivity index (χ3n) is 9.16. The van der Waals surface area contributed by atoms with Crippen LogP contribution in [0.2, 0.25) is 0 Å². The highest BCUT2D eigenvalue weighted by molar-refractivity contribution is 7.22. The number of rotatable bonds is 9. The standard InChI is InChI=1S/C32H45N10OP/c1-23(20-28-24(2)37-38-31(28)42-14-11-33-12-15-42)32(44)36-26-8-13-39(21-26)22-29(43)41-18-16-40(17-19-41)27-6-4-25(5-7-27)30-34-9-3-10-35-30/h3-6,9-10,20,26-27,33,36,44H,7-8,11-19,21-22H2,1-2H3,(H,37,38)/b23-20+. The molecule has 234 valence electrons. The summed E-state index contributed by atoms with van der Waals surface area (Å²) in [5.74, 6) is 2.04. The van der Waals surface area contributed by atoms with Crippen LogP contribution in [0, 0.1) is 6.92 Å². The Labute approximate surface area is 262 Å². The number of aryl methyl sites for hydroxylation is 1. The van der Waals surface area contributed by atoms with Crippen LogP contribution in [0.4, 0.5) is 5.82 Å². The van der Waals surface area contributed by atoms with Crippen molar-refractivity contribution in [3.05, 3.63) is 59.3 Å². The van der Waals surface area contributed by atoms with Crippen LogP contribution < -0.4 is 15.5 Å². The van der Waals surface area contributed by atoms with E-state index in [0.717, 1.165) is 118 Å². The number of nitrogens with one attached hydrogen (secondary N) is 3. The number of likely N-dealkylation sites (tertiary alicyclic amines) is 1. The largest absolute Gasteiger partial charge is 0.352 e. The van der Waals surface area contributed by atoms with E-state index in [1.54, 1.807) is 12.4 Å². The first-order valence-corrected chi connectivity index (χ1v) is 16.4. The van der Waals surface area contributed by atoms with E-state index < -0.39 is 0 Å². The summed E-state index contributed by atoms with van der Waals surface area (Å²) >= 11 is 0. The Bertz CT molecular complexity index is 1410. The SMILES string of the molecule is C/C(=C\c1c(N2CCNCC2)n[nH]c1C)C(=P)NC1CCN(CC(=O)N2CCN(C3C=CC(c4ncccn4)=CC3)CC2)C1. The first-order valence-electron chi connectivity index (χ1n) is 15.9. The van der Waals surface area contributed by atoms with Gasteiger partial charge in [-0.3, -0.25) is 25.0 Å². The Kier molecular flexibility index (Phi) is 9.98. The summed E-state index contributed by atoms with van der Waals surface area (Å²) < 4.78 is 0. The summed E-state index contributed by atoms with van der Waals surface area (Å²) in [4.78, 5) is 31.1. The fourth-order valence-electron chi connectivity index (χ4n) is 6.50. The van der Waals surface area contributed by atoms with Gasteiger partial charge in [-0.1, -0.05) is 18.2 Å². The minimum absolute atomic E-state index is 0.238. The highest BCUT2D eigenvalue weighted by Gasteiger charge is 2.29. The molecule has 44 heavy (non-hydrogen) atoms. The molecule has 3 aliphatic heterocycles. The third kappa shape index (κ3) is 7.35. The number of piperazine rings is 2. The highest BCUT2D eigenvalue weighted by Crippen LogP contribution is 2.25. The quantitative estimate of drug-likeness (QED) is 0.364. The van der Waals surface area contributed by atoms with Gasteiger partial charge in [0.15, 0.2) is 11.6 Å². The van der Waals surface area contributed by atoms with E-state index in [9.17, 15) is 4.79 Å². The molecular formula is C32H45N10OP. The number of hydrogen-bond donors (Lipinski definition) is 3. The lowest BCUT2D eigenvalue weighted by Gasteiger charge is -2.39. The molecule has 1 aliphatic carbocycles. The zero-order chi connectivity index (χ0) is 30.5. The van der Waals surface area contributed by atoms with Gasteiger partial charge in [0.25, 0.3) is 0 Å². The van der Waals surface area contributed by atoms with Crippen molar-refractivity contribution in [2.45, 2.75) is 38.8 Å². The Balaban J connectivity index is 0.938. The second kappa shape index (κ2) is 14.3. The molecule has 3 saturated heterocycles. The lowest BCUT2D eigenvalue weighted by atomic mass is 10.0. The molecule has 2 unspecified atom stereocenters. The van der Waals surface area contributed by atoms with E-state index in [0.29, 0.717) is 18.6 Å². The topological polar surface area (TPSA) is 109 Å². The zero-order valence-corrected chi connectivity index (χ0v) is 26.9. The van der Waals surface area contributed by atoms with Gasteiger partial charge in [-0.2, -0.15) is 5.10 Å². The first kappa shape index (κ1) is 30.8. The summed E-state index contributed by atoms with van der Waals surface area (Å²) in [5.41, 5.74) is 5.41. The van der Waals surface area contributed by atoms with E-state index in [4.69, 9.17) is 0 Å². The third-order valence-corrected chi connectivity index (χ3v) is 9.70. The molecule has 2 aromatic rings. The second-order valence-corrected chi connectivity index (χ2v) is 12.7. The van der Waals surface area contributed by atoms with E-state index in [1.165, 1.54) is 0 Å². The number of nitrogens with zero attached hydrogens (tertiary/aromatic N) is 7. The summed E-state index contributed by atoms with van der Waals surface area (Å²) in [5, 5.41) is 14.8. The van der Waals surface area contributed by atoms with Crippen LogP contribution >= 0.6 is 8.86 Å². The number of anilines is 1. The second-order valence-electron chi connectivity index (χ2n) is 12.2.